The summed E-state index contributed by atoms with van der Waals surface area (Å²) in [6.45, 7) is 4.01. The molecule has 0 radical (unpaired) electrons. The zero-order valence-corrected chi connectivity index (χ0v) is 16.6. The Hall–Kier alpha value is -2.44. The molecule has 0 atom stereocenters. The highest BCUT2D eigenvalue weighted by Crippen LogP contribution is 2.27. The number of rotatable bonds is 10. The molecule has 0 aliphatic heterocycles. The van der Waals surface area contributed by atoms with E-state index in [1.807, 2.05) is 30.3 Å². The van der Waals surface area contributed by atoms with Crippen LogP contribution in [0.5, 0.6) is 11.5 Å². The molecule has 0 heterocycles. The Kier molecular flexibility index (Phi) is 8.74. The average molecular weight is 405 g/mol. The summed E-state index contributed by atoms with van der Waals surface area (Å²) in [5, 5.41) is 4.68. The average Bonchev–Trinajstić information content (AvgIpc) is 2.68. The normalized spacial score (nSPS) is 10.6. The van der Waals surface area contributed by atoms with Crippen molar-refractivity contribution in [3.05, 3.63) is 71.3 Å². The Morgan fingerprint density at radius 2 is 2.04 bits per heavy atom. The summed E-state index contributed by atoms with van der Waals surface area (Å²) in [5.74, 6) is 2.10. The number of nitrogens with one attached hydrogen (secondary N) is 1. The summed E-state index contributed by atoms with van der Waals surface area (Å²) in [7, 11) is 1.57. The third-order valence-corrected chi connectivity index (χ3v) is 4.62. The fourth-order valence-electron chi connectivity index (χ4n) is 2.09. The second-order valence-electron chi connectivity index (χ2n) is 5.42. The van der Waals surface area contributed by atoms with E-state index in [2.05, 4.69) is 17.1 Å². The minimum absolute atomic E-state index is 0.164. The predicted molar refractivity (Wildman–Crippen MR) is 112 cm³/mol. The van der Waals surface area contributed by atoms with Crippen LogP contribution in [-0.4, -0.2) is 31.6 Å². The second kappa shape index (κ2) is 11.3. The van der Waals surface area contributed by atoms with Crippen molar-refractivity contribution in [3.63, 3.8) is 0 Å². The molecule has 0 fully saturated rings. The van der Waals surface area contributed by atoms with Gasteiger partial charge in [-0.25, -0.2) is 5.43 Å². The van der Waals surface area contributed by atoms with Gasteiger partial charge in [-0.1, -0.05) is 36.4 Å². The van der Waals surface area contributed by atoms with Crippen LogP contribution in [0.3, 0.4) is 0 Å². The number of thioether (sulfide) groups is 1. The highest BCUT2D eigenvalue weighted by molar-refractivity contribution is 7.99. The molecule has 5 nitrogen and oxygen atoms in total. The van der Waals surface area contributed by atoms with Gasteiger partial charge in [-0.05, 0) is 41.5 Å². The van der Waals surface area contributed by atoms with E-state index in [1.165, 1.54) is 11.8 Å². The number of hydrazone groups is 1. The van der Waals surface area contributed by atoms with Crippen molar-refractivity contribution in [1.82, 2.24) is 5.43 Å². The standard InChI is InChI=1S/C20H21ClN2O3S/c1-3-10-26-18-9-6-16(11-19(18)25-2)12-22-23-20(24)14-27-13-15-4-7-17(21)8-5-15/h3-9,11-12H,1,10,13-14H2,2H3,(H,23,24)/b22-12+. The van der Waals surface area contributed by atoms with Gasteiger partial charge in [-0.2, -0.15) is 5.10 Å². The molecular formula is C20H21ClN2O3S. The first kappa shape index (κ1) is 20.9. The van der Waals surface area contributed by atoms with Crippen LogP contribution in [0.2, 0.25) is 5.02 Å². The van der Waals surface area contributed by atoms with E-state index in [1.54, 1.807) is 31.5 Å². The summed E-state index contributed by atoms with van der Waals surface area (Å²) >= 11 is 7.36. The van der Waals surface area contributed by atoms with Gasteiger partial charge in [0.1, 0.15) is 6.61 Å². The number of amides is 1. The first-order chi connectivity index (χ1) is 13.1. The molecule has 1 amide bonds. The molecule has 7 heteroatoms. The minimum atomic E-state index is -0.164. The van der Waals surface area contributed by atoms with Gasteiger partial charge in [0.15, 0.2) is 11.5 Å². The molecular weight excluding hydrogens is 384 g/mol. The Morgan fingerprint density at radius 3 is 2.74 bits per heavy atom. The molecule has 0 aliphatic rings. The molecule has 0 unspecified atom stereocenters. The molecule has 2 aromatic rings. The van der Waals surface area contributed by atoms with Crippen LogP contribution in [-0.2, 0) is 10.5 Å². The number of benzene rings is 2. The maximum atomic E-state index is 11.9. The first-order valence-corrected chi connectivity index (χ1v) is 9.71. The van der Waals surface area contributed by atoms with Crippen LogP contribution in [0.25, 0.3) is 0 Å². The molecule has 0 spiro atoms. The van der Waals surface area contributed by atoms with Crippen LogP contribution in [0.15, 0.2) is 60.2 Å². The zero-order chi connectivity index (χ0) is 19.5. The van der Waals surface area contributed by atoms with Gasteiger partial charge in [-0.3, -0.25) is 4.79 Å². The lowest BCUT2D eigenvalue weighted by molar-refractivity contribution is -0.118. The molecule has 1 N–H and O–H groups in total. The maximum absolute atomic E-state index is 11.9. The molecule has 2 aromatic carbocycles. The number of hydrogen-bond donors (Lipinski definition) is 1. The van der Waals surface area contributed by atoms with E-state index in [-0.39, 0.29) is 5.91 Å². The van der Waals surface area contributed by atoms with Crippen LogP contribution >= 0.6 is 23.4 Å². The third kappa shape index (κ3) is 7.37. The van der Waals surface area contributed by atoms with Crippen LogP contribution in [0, 0.1) is 0 Å². The van der Waals surface area contributed by atoms with E-state index in [0.717, 1.165) is 16.9 Å². The molecule has 142 valence electrons. The van der Waals surface area contributed by atoms with Crippen molar-refractivity contribution < 1.29 is 14.3 Å². The van der Waals surface area contributed by atoms with Crippen LogP contribution in [0.1, 0.15) is 11.1 Å². The fraction of sp³-hybridized carbons (Fsp3) is 0.200. The largest absolute Gasteiger partial charge is 0.493 e. The highest BCUT2D eigenvalue weighted by Gasteiger charge is 2.05. The summed E-state index contributed by atoms with van der Waals surface area (Å²) in [4.78, 5) is 11.9. The smallest absolute Gasteiger partial charge is 0.250 e. The van der Waals surface area contributed by atoms with Crippen LogP contribution < -0.4 is 14.9 Å². The lowest BCUT2D eigenvalue weighted by atomic mass is 10.2. The predicted octanol–water partition coefficient (Wildman–Crippen LogP) is 4.30. The van der Waals surface area contributed by atoms with Gasteiger partial charge in [0, 0.05) is 10.8 Å². The second-order valence-corrected chi connectivity index (χ2v) is 6.84. The molecule has 0 aliphatic carbocycles. The van der Waals surface area contributed by atoms with Gasteiger partial charge < -0.3 is 9.47 Å². The number of ether oxygens (including phenoxy) is 2. The lowest BCUT2D eigenvalue weighted by Gasteiger charge is -2.09. The number of nitrogens with zero attached hydrogens (tertiary/aromatic N) is 1. The van der Waals surface area contributed by atoms with E-state index in [9.17, 15) is 4.79 Å². The van der Waals surface area contributed by atoms with Crippen molar-refractivity contribution in [3.8, 4) is 11.5 Å². The first-order valence-electron chi connectivity index (χ1n) is 8.18. The molecule has 0 bridgehead atoms. The number of methoxy groups -OCH3 is 1. The summed E-state index contributed by atoms with van der Waals surface area (Å²) in [6.07, 6.45) is 3.22. The van der Waals surface area contributed by atoms with Gasteiger partial charge in [0.05, 0.1) is 19.1 Å². The van der Waals surface area contributed by atoms with Crippen molar-refractivity contribution in [2.75, 3.05) is 19.5 Å². The highest BCUT2D eigenvalue weighted by atomic mass is 35.5. The van der Waals surface area contributed by atoms with Crippen molar-refractivity contribution in [1.29, 1.82) is 0 Å². The van der Waals surface area contributed by atoms with Gasteiger partial charge in [-0.15, -0.1) is 11.8 Å². The summed E-state index contributed by atoms with van der Waals surface area (Å²) in [6, 6.07) is 13.0. The topological polar surface area (TPSA) is 59.9 Å². The number of halogens is 1. The Morgan fingerprint density at radius 1 is 1.26 bits per heavy atom. The zero-order valence-electron chi connectivity index (χ0n) is 15.0. The fourth-order valence-corrected chi connectivity index (χ4v) is 2.99. The van der Waals surface area contributed by atoms with Crippen molar-refractivity contribution >= 4 is 35.5 Å². The Bertz CT molecular complexity index is 794. The summed E-state index contributed by atoms with van der Waals surface area (Å²) in [5.41, 5.74) is 4.42. The van der Waals surface area contributed by atoms with E-state index in [0.29, 0.717) is 28.9 Å². The minimum Gasteiger partial charge on any atom is -0.493 e. The molecule has 0 saturated heterocycles. The molecule has 2 rings (SSSR count). The summed E-state index contributed by atoms with van der Waals surface area (Å²) < 4.78 is 10.8. The van der Waals surface area contributed by atoms with Crippen molar-refractivity contribution in [2.45, 2.75) is 5.75 Å². The lowest BCUT2D eigenvalue weighted by Crippen LogP contribution is -2.19. The van der Waals surface area contributed by atoms with E-state index < -0.39 is 0 Å². The quantitative estimate of drug-likeness (QED) is 0.364. The monoisotopic (exact) mass is 404 g/mol. The van der Waals surface area contributed by atoms with E-state index >= 15 is 0 Å². The van der Waals surface area contributed by atoms with Gasteiger partial charge in [0.2, 0.25) is 5.91 Å². The Balaban J connectivity index is 1.79. The number of carbonyl (C=O) groups excluding carboxylic acids is 1. The van der Waals surface area contributed by atoms with Gasteiger partial charge >= 0.3 is 0 Å². The molecule has 27 heavy (non-hydrogen) atoms. The Labute approximate surface area is 168 Å². The number of carbonyl (C=O) groups is 1. The molecule has 0 saturated carbocycles. The van der Waals surface area contributed by atoms with Gasteiger partial charge in [0.25, 0.3) is 0 Å². The SMILES string of the molecule is C=CCOc1ccc(/C=N/NC(=O)CSCc2ccc(Cl)cc2)cc1OC. The van der Waals surface area contributed by atoms with E-state index in [4.69, 9.17) is 21.1 Å². The number of hydrogen-bond acceptors (Lipinski definition) is 5. The molecule has 0 aromatic heterocycles. The third-order valence-electron chi connectivity index (χ3n) is 3.36. The maximum Gasteiger partial charge on any atom is 0.250 e. The van der Waals surface area contributed by atoms with Crippen molar-refractivity contribution in [2.24, 2.45) is 5.10 Å². The van der Waals surface area contributed by atoms with Crippen LogP contribution in [0.4, 0.5) is 0 Å².